The quantitative estimate of drug-likeness (QED) is 0.724. The van der Waals surface area contributed by atoms with Gasteiger partial charge in [0.25, 0.3) is 5.91 Å². The fourth-order valence-electron chi connectivity index (χ4n) is 1.63. The first-order valence-corrected chi connectivity index (χ1v) is 5.11. The number of nitrogens with one attached hydrogen (secondary N) is 1. The molecule has 1 aliphatic carbocycles. The second kappa shape index (κ2) is 2.79. The van der Waals surface area contributed by atoms with Crippen LogP contribution in [0.2, 0.25) is 5.15 Å². The highest BCUT2D eigenvalue weighted by molar-refractivity contribution is 6.29. The molecule has 1 fully saturated rings. The maximum atomic E-state index is 11.5. The summed E-state index contributed by atoms with van der Waals surface area (Å²) in [5.74, 6) is 0.620. The van der Waals surface area contributed by atoms with Crippen molar-refractivity contribution in [2.45, 2.75) is 18.4 Å². The standard InChI is InChI=1S/C10H8ClN3O/c11-7-2-1-6(5-12-7)8-13-9(15)10(14-8)3-4-10/h1-2,5H,3-4H2,(H,13,14,15). The second-order valence-electron chi connectivity index (χ2n) is 3.82. The first-order valence-electron chi connectivity index (χ1n) is 4.73. The molecule has 3 rings (SSSR count). The molecule has 0 bridgehead atoms. The van der Waals surface area contributed by atoms with Gasteiger partial charge in [-0.3, -0.25) is 9.79 Å². The molecule has 1 aromatic rings. The first-order chi connectivity index (χ1) is 7.20. The number of aliphatic imine (C=N–C) groups is 1. The van der Waals surface area contributed by atoms with Crippen molar-refractivity contribution in [3.8, 4) is 0 Å². The highest BCUT2D eigenvalue weighted by Crippen LogP contribution is 2.42. The molecule has 4 nitrogen and oxygen atoms in total. The van der Waals surface area contributed by atoms with Crippen LogP contribution in [0, 0.1) is 0 Å². The lowest BCUT2D eigenvalue weighted by molar-refractivity contribution is -0.120. The number of carbonyl (C=O) groups excluding carboxylic acids is 1. The molecule has 76 valence electrons. The highest BCUT2D eigenvalue weighted by Gasteiger charge is 2.54. The molecular weight excluding hydrogens is 214 g/mol. The van der Waals surface area contributed by atoms with Crippen molar-refractivity contribution in [3.63, 3.8) is 0 Å². The largest absolute Gasteiger partial charge is 0.308 e. The number of hydrogen-bond donors (Lipinski definition) is 1. The number of nitrogens with zero attached hydrogens (tertiary/aromatic N) is 2. The Morgan fingerprint density at radius 1 is 1.40 bits per heavy atom. The van der Waals surface area contributed by atoms with Crippen LogP contribution < -0.4 is 5.32 Å². The zero-order valence-electron chi connectivity index (χ0n) is 7.83. The van der Waals surface area contributed by atoms with Crippen LogP contribution in [0.15, 0.2) is 23.3 Å². The minimum Gasteiger partial charge on any atom is -0.308 e. The summed E-state index contributed by atoms with van der Waals surface area (Å²) in [4.78, 5) is 19.9. The fraction of sp³-hybridized carbons (Fsp3) is 0.300. The van der Waals surface area contributed by atoms with Crippen LogP contribution in [-0.2, 0) is 4.79 Å². The average Bonchev–Trinajstić information content (AvgIpc) is 2.91. The van der Waals surface area contributed by atoms with Gasteiger partial charge in [0.05, 0.1) is 0 Å². The van der Waals surface area contributed by atoms with Gasteiger partial charge in [-0.15, -0.1) is 0 Å². The van der Waals surface area contributed by atoms with E-state index in [4.69, 9.17) is 11.6 Å². The van der Waals surface area contributed by atoms with Crippen molar-refractivity contribution in [2.75, 3.05) is 0 Å². The number of hydrogen-bond acceptors (Lipinski definition) is 3. The number of carbonyl (C=O) groups is 1. The molecule has 0 saturated heterocycles. The minimum atomic E-state index is -0.449. The molecule has 5 heteroatoms. The first kappa shape index (κ1) is 8.85. The molecule has 0 atom stereocenters. The van der Waals surface area contributed by atoms with Gasteiger partial charge in [-0.25, -0.2) is 4.98 Å². The summed E-state index contributed by atoms with van der Waals surface area (Å²) in [6.07, 6.45) is 3.32. The Bertz CT molecular complexity index is 462. The summed E-state index contributed by atoms with van der Waals surface area (Å²) in [6.45, 7) is 0. The summed E-state index contributed by atoms with van der Waals surface area (Å²) >= 11 is 5.68. The topological polar surface area (TPSA) is 54.4 Å². The summed E-state index contributed by atoms with van der Waals surface area (Å²) in [5.41, 5.74) is 0.353. The lowest BCUT2D eigenvalue weighted by atomic mass is 10.3. The molecule has 1 aromatic heterocycles. The van der Waals surface area contributed by atoms with Gasteiger partial charge in [-0.1, -0.05) is 11.6 Å². The van der Waals surface area contributed by atoms with E-state index < -0.39 is 5.54 Å². The van der Waals surface area contributed by atoms with Crippen LogP contribution in [0.5, 0.6) is 0 Å². The zero-order valence-corrected chi connectivity index (χ0v) is 8.58. The number of aromatic nitrogens is 1. The SMILES string of the molecule is O=C1NC(c2ccc(Cl)nc2)=NC12CC2. The molecule has 2 aliphatic rings. The molecule has 15 heavy (non-hydrogen) atoms. The van der Waals surface area contributed by atoms with Gasteiger partial charge in [0.1, 0.15) is 16.5 Å². The molecule has 0 aromatic carbocycles. The van der Waals surface area contributed by atoms with Crippen LogP contribution in [0.25, 0.3) is 0 Å². The van der Waals surface area contributed by atoms with Crippen molar-refractivity contribution in [1.82, 2.24) is 10.3 Å². The smallest absolute Gasteiger partial charge is 0.253 e. The van der Waals surface area contributed by atoms with Gasteiger partial charge in [-0.2, -0.15) is 0 Å². The Kier molecular flexibility index (Phi) is 1.65. The minimum absolute atomic E-state index is 0.00690. The molecule has 2 heterocycles. The van der Waals surface area contributed by atoms with Crippen LogP contribution >= 0.6 is 11.6 Å². The van der Waals surface area contributed by atoms with Crippen LogP contribution in [0.4, 0.5) is 0 Å². The lowest BCUT2D eigenvalue weighted by Crippen LogP contribution is -2.30. The van der Waals surface area contributed by atoms with Gasteiger partial charge < -0.3 is 5.32 Å². The molecule has 1 amide bonds. The molecule has 1 spiro atoms. The Balaban J connectivity index is 1.96. The normalized spacial score (nSPS) is 21.4. The van der Waals surface area contributed by atoms with E-state index in [1.54, 1.807) is 18.3 Å². The average molecular weight is 222 g/mol. The van der Waals surface area contributed by atoms with Crippen molar-refractivity contribution >= 4 is 23.3 Å². The summed E-state index contributed by atoms with van der Waals surface area (Å²) < 4.78 is 0. The van der Waals surface area contributed by atoms with E-state index >= 15 is 0 Å². The highest BCUT2D eigenvalue weighted by atomic mass is 35.5. The molecular formula is C10H8ClN3O. The molecule has 1 N–H and O–H groups in total. The van der Waals surface area contributed by atoms with E-state index in [0.717, 1.165) is 18.4 Å². The van der Waals surface area contributed by atoms with Crippen LogP contribution in [0.1, 0.15) is 18.4 Å². The fourth-order valence-corrected chi connectivity index (χ4v) is 1.74. The Labute approximate surface area is 91.4 Å². The number of halogens is 1. The zero-order chi connectivity index (χ0) is 10.5. The van der Waals surface area contributed by atoms with Crippen molar-refractivity contribution in [3.05, 3.63) is 29.0 Å². The van der Waals surface area contributed by atoms with E-state index in [1.165, 1.54) is 0 Å². The van der Waals surface area contributed by atoms with E-state index in [-0.39, 0.29) is 5.91 Å². The molecule has 0 radical (unpaired) electrons. The van der Waals surface area contributed by atoms with Crippen molar-refractivity contribution < 1.29 is 4.79 Å². The molecule has 0 unspecified atom stereocenters. The third-order valence-corrected chi connectivity index (χ3v) is 2.93. The van der Waals surface area contributed by atoms with E-state index in [1.807, 2.05) is 0 Å². The maximum Gasteiger partial charge on any atom is 0.253 e. The van der Waals surface area contributed by atoms with Gasteiger partial charge in [0.15, 0.2) is 0 Å². The Morgan fingerprint density at radius 3 is 2.73 bits per heavy atom. The molecule has 1 aliphatic heterocycles. The number of amidine groups is 1. The Hall–Kier alpha value is -1.42. The van der Waals surface area contributed by atoms with Crippen LogP contribution in [0.3, 0.4) is 0 Å². The Morgan fingerprint density at radius 2 is 2.20 bits per heavy atom. The second-order valence-corrected chi connectivity index (χ2v) is 4.20. The number of amides is 1. The summed E-state index contributed by atoms with van der Waals surface area (Å²) in [5, 5.41) is 3.21. The van der Waals surface area contributed by atoms with Gasteiger partial charge in [0, 0.05) is 11.8 Å². The maximum absolute atomic E-state index is 11.5. The summed E-state index contributed by atoms with van der Waals surface area (Å²) in [6, 6.07) is 3.49. The van der Waals surface area contributed by atoms with E-state index in [0.29, 0.717) is 11.0 Å². The van der Waals surface area contributed by atoms with Gasteiger partial charge >= 0.3 is 0 Å². The number of pyridine rings is 1. The summed E-state index contributed by atoms with van der Waals surface area (Å²) in [7, 11) is 0. The third kappa shape index (κ3) is 1.33. The third-order valence-electron chi connectivity index (χ3n) is 2.70. The van der Waals surface area contributed by atoms with Crippen molar-refractivity contribution in [1.29, 1.82) is 0 Å². The van der Waals surface area contributed by atoms with Crippen LogP contribution in [-0.4, -0.2) is 22.3 Å². The lowest BCUT2D eigenvalue weighted by Gasteiger charge is -1.99. The van der Waals surface area contributed by atoms with E-state index in [9.17, 15) is 4.79 Å². The van der Waals surface area contributed by atoms with E-state index in [2.05, 4.69) is 15.3 Å². The molecule has 1 saturated carbocycles. The number of rotatable bonds is 1. The monoisotopic (exact) mass is 221 g/mol. The predicted molar refractivity (Wildman–Crippen MR) is 55.9 cm³/mol. The van der Waals surface area contributed by atoms with Gasteiger partial charge in [0.2, 0.25) is 0 Å². The predicted octanol–water partition coefficient (Wildman–Crippen LogP) is 1.14. The van der Waals surface area contributed by atoms with Crippen molar-refractivity contribution in [2.24, 2.45) is 4.99 Å². The van der Waals surface area contributed by atoms with Gasteiger partial charge in [-0.05, 0) is 25.0 Å².